The Bertz CT molecular complexity index is 1350. The van der Waals surface area contributed by atoms with Gasteiger partial charge in [-0.1, -0.05) is 19.1 Å². The minimum Gasteiger partial charge on any atom is -0.494 e. The molecule has 2 N–H and O–H groups in total. The zero-order valence-corrected chi connectivity index (χ0v) is 20.7. The molecule has 1 aliphatic carbocycles. The molecular weight excluding hydrogens is 476 g/mol. The lowest BCUT2D eigenvalue weighted by atomic mass is 10.1. The molecule has 0 amide bonds. The Morgan fingerprint density at radius 2 is 1.80 bits per heavy atom. The van der Waals surface area contributed by atoms with E-state index in [1.807, 2.05) is 6.92 Å². The summed E-state index contributed by atoms with van der Waals surface area (Å²) in [6.45, 7) is 1.93. The lowest BCUT2D eigenvalue weighted by Crippen LogP contribution is -2.23. The fourth-order valence-electron chi connectivity index (χ4n) is 3.93. The first-order chi connectivity index (χ1) is 16.8. The van der Waals surface area contributed by atoms with E-state index in [0.717, 1.165) is 11.1 Å². The molecule has 1 fully saturated rings. The van der Waals surface area contributed by atoms with Gasteiger partial charge in [-0.25, -0.2) is 13.0 Å². The van der Waals surface area contributed by atoms with Gasteiger partial charge in [0.2, 0.25) is 0 Å². The van der Waals surface area contributed by atoms with Crippen molar-refractivity contribution in [3.63, 3.8) is 0 Å². The second-order valence-electron chi connectivity index (χ2n) is 8.30. The lowest BCUT2D eigenvalue weighted by molar-refractivity contribution is 0.386. The normalized spacial score (nSPS) is 17.5. The molecule has 186 valence electrons. The fraction of sp³-hybridized carbons (Fsp3) is 0.320. The predicted octanol–water partition coefficient (Wildman–Crippen LogP) is 4.62. The molecule has 1 heterocycles. The molecule has 10 heteroatoms. The first-order valence-electron chi connectivity index (χ1n) is 11.1. The third-order valence-corrected chi connectivity index (χ3v) is 7.61. The van der Waals surface area contributed by atoms with Gasteiger partial charge in [0.15, 0.2) is 17.3 Å². The molecule has 4 rings (SSSR count). The summed E-state index contributed by atoms with van der Waals surface area (Å²) in [6, 6.07) is 10.7. The smallest absolute Gasteiger partial charge is 0.255 e. The zero-order valence-electron chi connectivity index (χ0n) is 19.9. The van der Waals surface area contributed by atoms with Gasteiger partial charge in [0.1, 0.15) is 28.3 Å². The molecular formula is C25H27F2N3O4S. The van der Waals surface area contributed by atoms with Crippen molar-refractivity contribution >= 4 is 28.2 Å². The van der Waals surface area contributed by atoms with Crippen molar-refractivity contribution in [3.8, 4) is 11.5 Å². The van der Waals surface area contributed by atoms with Crippen molar-refractivity contribution in [2.45, 2.75) is 30.9 Å². The first kappa shape index (κ1) is 24.7. The van der Waals surface area contributed by atoms with Crippen molar-refractivity contribution in [3.05, 3.63) is 75.6 Å². The van der Waals surface area contributed by atoms with Crippen molar-refractivity contribution in [2.75, 3.05) is 24.3 Å². The van der Waals surface area contributed by atoms with Crippen LogP contribution in [0.25, 0.3) is 0 Å². The summed E-state index contributed by atoms with van der Waals surface area (Å²) in [5.41, 5.74) is 1.72. The molecule has 2 aromatic carbocycles. The third-order valence-electron chi connectivity index (χ3n) is 6.13. The predicted molar refractivity (Wildman–Crippen MR) is 133 cm³/mol. The molecule has 0 radical (unpaired) electrons. The number of hydrogen-bond acceptors (Lipinski definition) is 5. The van der Waals surface area contributed by atoms with E-state index in [0.29, 0.717) is 12.8 Å². The molecule has 3 aromatic rings. The summed E-state index contributed by atoms with van der Waals surface area (Å²) in [6.07, 6.45) is 1.31. The Labute approximate surface area is 204 Å². The van der Waals surface area contributed by atoms with Gasteiger partial charge in [0, 0.05) is 19.0 Å². The highest BCUT2D eigenvalue weighted by Gasteiger charge is 2.44. The second-order valence-corrected chi connectivity index (χ2v) is 9.70. The summed E-state index contributed by atoms with van der Waals surface area (Å²) < 4.78 is 56.4. The minimum atomic E-state index is -1.58. The van der Waals surface area contributed by atoms with Crippen LogP contribution in [0.2, 0.25) is 0 Å². The van der Waals surface area contributed by atoms with Crippen molar-refractivity contribution in [1.82, 2.24) is 4.57 Å². The summed E-state index contributed by atoms with van der Waals surface area (Å²) in [7, 11) is 2.74. The number of nitrogens with one attached hydrogen (secondary N) is 2. The Kier molecular flexibility index (Phi) is 7.11. The van der Waals surface area contributed by atoms with Crippen LogP contribution in [0.15, 0.2) is 47.3 Å². The standard InChI is InChI=1S/C25H27F2N3O4S/c1-5-14-6-9-19(18(27)10-14)28-25-24(21(34-4)13-23(31)30(25)2)29-35(32)22-12-16(22)15-7-8-17(26)20(11-15)33-3/h6-11,13,16,22,28-29H,5,12H2,1-4H3. The maximum absolute atomic E-state index is 14.7. The molecule has 1 aromatic heterocycles. The van der Waals surface area contributed by atoms with Gasteiger partial charge < -0.3 is 14.8 Å². The Morgan fingerprint density at radius 1 is 1.06 bits per heavy atom. The molecule has 0 aliphatic heterocycles. The molecule has 7 nitrogen and oxygen atoms in total. The van der Waals surface area contributed by atoms with E-state index < -0.39 is 22.6 Å². The summed E-state index contributed by atoms with van der Waals surface area (Å²) >= 11 is 0. The van der Waals surface area contributed by atoms with Crippen LogP contribution in [-0.4, -0.2) is 28.2 Å². The van der Waals surface area contributed by atoms with Gasteiger partial charge >= 0.3 is 0 Å². The molecule has 3 unspecified atom stereocenters. The number of aromatic nitrogens is 1. The molecule has 0 spiro atoms. The van der Waals surface area contributed by atoms with Gasteiger partial charge in [0.25, 0.3) is 5.56 Å². The molecule has 1 saturated carbocycles. The van der Waals surface area contributed by atoms with E-state index in [-0.39, 0.29) is 45.4 Å². The average Bonchev–Trinajstić information content (AvgIpc) is 3.65. The monoisotopic (exact) mass is 503 g/mol. The Balaban J connectivity index is 1.63. The van der Waals surface area contributed by atoms with Crippen molar-refractivity contribution in [1.29, 1.82) is 0 Å². The summed E-state index contributed by atoms with van der Waals surface area (Å²) in [5, 5.41) is 2.71. The van der Waals surface area contributed by atoms with E-state index >= 15 is 0 Å². The maximum Gasteiger partial charge on any atom is 0.255 e. The van der Waals surface area contributed by atoms with Gasteiger partial charge in [-0.2, -0.15) is 0 Å². The third kappa shape index (κ3) is 5.02. The van der Waals surface area contributed by atoms with Crippen LogP contribution in [0.5, 0.6) is 11.5 Å². The molecule has 0 bridgehead atoms. The van der Waals surface area contributed by atoms with E-state index in [1.165, 1.54) is 44.0 Å². The molecule has 35 heavy (non-hydrogen) atoms. The quantitative estimate of drug-likeness (QED) is 0.446. The van der Waals surface area contributed by atoms with Crippen LogP contribution in [0, 0.1) is 11.6 Å². The van der Waals surface area contributed by atoms with Crippen LogP contribution < -0.4 is 25.1 Å². The number of pyridine rings is 1. The average molecular weight is 504 g/mol. The van der Waals surface area contributed by atoms with Crippen LogP contribution in [-0.2, 0) is 24.5 Å². The number of benzene rings is 2. The second kappa shape index (κ2) is 10.1. The largest absolute Gasteiger partial charge is 0.494 e. The van der Waals surface area contributed by atoms with E-state index in [9.17, 15) is 17.8 Å². The summed E-state index contributed by atoms with van der Waals surface area (Å²) in [5.74, 6) is -0.459. The molecule has 3 atom stereocenters. The lowest BCUT2D eigenvalue weighted by Gasteiger charge is -2.20. The van der Waals surface area contributed by atoms with Gasteiger partial charge in [-0.15, -0.1) is 0 Å². The number of methoxy groups -OCH3 is 2. The number of ether oxygens (including phenoxy) is 2. The highest BCUT2D eigenvalue weighted by molar-refractivity contribution is 7.87. The fourth-order valence-corrected chi connectivity index (χ4v) is 5.32. The Morgan fingerprint density at radius 3 is 2.46 bits per heavy atom. The minimum absolute atomic E-state index is 0.0493. The first-order valence-corrected chi connectivity index (χ1v) is 12.3. The van der Waals surface area contributed by atoms with Crippen LogP contribution >= 0.6 is 0 Å². The Hall–Kier alpha value is -3.40. The topological polar surface area (TPSA) is 81.6 Å². The summed E-state index contributed by atoms with van der Waals surface area (Å²) in [4.78, 5) is 12.5. The van der Waals surface area contributed by atoms with Crippen molar-refractivity contribution in [2.24, 2.45) is 7.05 Å². The maximum atomic E-state index is 14.7. The number of hydrogen-bond donors (Lipinski definition) is 2. The number of rotatable bonds is 9. The van der Waals surface area contributed by atoms with Crippen LogP contribution in [0.3, 0.4) is 0 Å². The number of nitrogens with zero attached hydrogens (tertiary/aromatic N) is 1. The van der Waals surface area contributed by atoms with Gasteiger partial charge in [0.05, 0.1) is 25.2 Å². The number of halogens is 2. The van der Waals surface area contributed by atoms with Gasteiger partial charge in [-0.3, -0.25) is 14.1 Å². The molecule has 0 saturated heterocycles. The van der Waals surface area contributed by atoms with E-state index in [4.69, 9.17) is 9.47 Å². The van der Waals surface area contributed by atoms with Crippen LogP contribution in [0.4, 0.5) is 26.0 Å². The van der Waals surface area contributed by atoms with E-state index in [1.54, 1.807) is 24.3 Å². The highest BCUT2D eigenvalue weighted by atomic mass is 32.2. The highest BCUT2D eigenvalue weighted by Crippen LogP contribution is 2.47. The van der Waals surface area contributed by atoms with Gasteiger partial charge in [-0.05, 0) is 48.2 Å². The SMILES string of the molecule is CCc1ccc(Nc2c(NS(=O)C3CC3c3ccc(F)c(OC)c3)c(OC)cc(=O)n2C)c(F)c1. The van der Waals surface area contributed by atoms with Crippen molar-refractivity contribution < 1.29 is 22.5 Å². The number of anilines is 3. The van der Waals surface area contributed by atoms with Crippen LogP contribution in [0.1, 0.15) is 30.4 Å². The zero-order chi connectivity index (χ0) is 25.3. The number of aryl methyl sites for hydroxylation is 1. The molecule has 1 aliphatic rings. The van der Waals surface area contributed by atoms with E-state index in [2.05, 4.69) is 10.0 Å².